The van der Waals surface area contributed by atoms with Crippen LogP contribution in [-0.4, -0.2) is 18.1 Å². The van der Waals surface area contributed by atoms with Crippen LogP contribution in [0.5, 0.6) is 0 Å². The van der Waals surface area contributed by atoms with E-state index in [1.54, 1.807) is 0 Å². The minimum absolute atomic E-state index is 0. The maximum atomic E-state index is 10.5. The van der Waals surface area contributed by atoms with Gasteiger partial charge in [-0.1, -0.05) is 26.7 Å². The Bertz CT molecular complexity index is 244. The molecule has 0 saturated heterocycles. The number of hydrogen-bond donors (Lipinski definition) is 0. The number of aliphatic carboxylic acids is 2. The van der Waals surface area contributed by atoms with Gasteiger partial charge in [-0.2, -0.15) is 13.2 Å². The second-order valence-corrected chi connectivity index (χ2v) is 3.35. The van der Waals surface area contributed by atoms with Crippen molar-refractivity contribution in [2.45, 2.75) is 45.7 Å². The summed E-state index contributed by atoms with van der Waals surface area (Å²) in [6.07, 6.45) is -1.67. The van der Waals surface area contributed by atoms with Crippen molar-refractivity contribution in [3.05, 3.63) is 0 Å². The molecule has 0 aromatic carbocycles. The maximum Gasteiger partial charge on any atom is 2.00 e. The van der Waals surface area contributed by atoms with Crippen molar-refractivity contribution in [2.24, 2.45) is 5.92 Å². The average molecular weight is 363 g/mol. The minimum atomic E-state index is -5.19. The van der Waals surface area contributed by atoms with E-state index in [9.17, 15) is 23.1 Å². The summed E-state index contributed by atoms with van der Waals surface area (Å²) in [7, 11) is 0. The summed E-state index contributed by atoms with van der Waals surface area (Å²) in [5.41, 5.74) is 0. The largest absolute Gasteiger partial charge is 2.00 e. The SMILES string of the molecule is CCCCC(CC)C(=O)[O-].O=C([O-])C(F)(F)F.[Pd+2]. The normalized spacial score (nSPS) is 11.6. The zero-order valence-corrected chi connectivity index (χ0v) is 11.5. The summed E-state index contributed by atoms with van der Waals surface area (Å²) >= 11 is 0. The Labute approximate surface area is 117 Å². The molecule has 0 saturated carbocycles. The number of carboxylic acids is 2. The van der Waals surface area contributed by atoms with E-state index in [0.29, 0.717) is 6.42 Å². The van der Waals surface area contributed by atoms with Crippen LogP contribution in [0.3, 0.4) is 0 Å². The van der Waals surface area contributed by atoms with Crippen molar-refractivity contribution < 1.29 is 53.4 Å². The number of unbranched alkanes of at least 4 members (excludes halogenated alkanes) is 1. The number of halogens is 3. The van der Waals surface area contributed by atoms with Crippen LogP contribution in [0.25, 0.3) is 0 Å². The molecule has 0 aliphatic carbocycles. The van der Waals surface area contributed by atoms with Gasteiger partial charge in [0.1, 0.15) is 5.97 Å². The third-order valence-electron chi connectivity index (χ3n) is 1.96. The average Bonchev–Trinajstić information content (AvgIpc) is 2.18. The zero-order valence-electron chi connectivity index (χ0n) is 9.99. The molecule has 0 amide bonds. The smallest absolute Gasteiger partial charge is 0.550 e. The van der Waals surface area contributed by atoms with Crippen LogP contribution < -0.4 is 10.2 Å². The first kappa shape index (κ1) is 22.6. The van der Waals surface area contributed by atoms with E-state index in [1.165, 1.54) is 0 Å². The second kappa shape index (κ2) is 11.5. The van der Waals surface area contributed by atoms with Crippen LogP contribution in [0.2, 0.25) is 0 Å². The quantitative estimate of drug-likeness (QED) is 0.657. The molecule has 0 fully saturated rings. The van der Waals surface area contributed by atoms with Gasteiger partial charge in [-0.15, -0.1) is 0 Å². The summed E-state index contributed by atoms with van der Waals surface area (Å²) < 4.78 is 31.5. The van der Waals surface area contributed by atoms with Crippen LogP contribution in [0.15, 0.2) is 0 Å². The molecular weight excluding hydrogens is 348 g/mol. The van der Waals surface area contributed by atoms with E-state index in [1.807, 2.05) is 6.92 Å². The first-order valence-corrected chi connectivity index (χ1v) is 5.15. The van der Waals surface area contributed by atoms with E-state index in [2.05, 4.69) is 6.92 Å². The third-order valence-corrected chi connectivity index (χ3v) is 1.96. The van der Waals surface area contributed by atoms with Crippen molar-refractivity contribution in [1.29, 1.82) is 0 Å². The third kappa shape index (κ3) is 13.5. The van der Waals surface area contributed by atoms with Gasteiger partial charge in [-0.3, -0.25) is 0 Å². The molecule has 0 aromatic rings. The molecule has 1 unspecified atom stereocenters. The maximum absolute atomic E-state index is 10.5. The molecule has 0 N–H and O–H groups in total. The summed E-state index contributed by atoms with van der Waals surface area (Å²) in [5.74, 6) is -4.12. The Balaban J connectivity index is -0.000000251. The number of rotatable bonds is 5. The van der Waals surface area contributed by atoms with Crippen LogP contribution >= 0.6 is 0 Å². The molecule has 4 nitrogen and oxygen atoms in total. The van der Waals surface area contributed by atoms with Crippen LogP contribution in [-0.2, 0) is 30.0 Å². The monoisotopic (exact) mass is 362 g/mol. The number of hydrogen-bond acceptors (Lipinski definition) is 4. The predicted octanol–water partition coefficient (Wildman–Crippen LogP) is 0.249. The Morgan fingerprint density at radius 2 is 1.56 bits per heavy atom. The summed E-state index contributed by atoms with van der Waals surface area (Å²) in [4.78, 5) is 19.1. The van der Waals surface area contributed by atoms with Gasteiger partial charge in [-0.25, -0.2) is 0 Å². The number of carbonyl (C=O) groups is 2. The molecule has 0 spiro atoms. The topological polar surface area (TPSA) is 80.3 Å². The van der Waals surface area contributed by atoms with Crippen LogP contribution in [0, 0.1) is 5.92 Å². The molecule has 1 atom stereocenters. The molecule has 18 heavy (non-hydrogen) atoms. The molecule has 0 aromatic heterocycles. The molecule has 0 bridgehead atoms. The van der Waals surface area contributed by atoms with Crippen molar-refractivity contribution in [3.8, 4) is 0 Å². The first-order chi connectivity index (χ1) is 7.66. The second-order valence-electron chi connectivity index (χ2n) is 3.35. The van der Waals surface area contributed by atoms with Crippen LogP contribution in [0.1, 0.15) is 39.5 Å². The number of carboxylic acid groups (broad SMARTS) is 2. The molecule has 0 rings (SSSR count). The van der Waals surface area contributed by atoms with Gasteiger partial charge in [-0.05, 0) is 18.8 Å². The summed E-state index contributed by atoms with van der Waals surface area (Å²) in [6, 6.07) is 0. The minimum Gasteiger partial charge on any atom is -0.550 e. The van der Waals surface area contributed by atoms with Crippen molar-refractivity contribution >= 4 is 11.9 Å². The standard InChI is InChI=1S/C8H16O2.C2HF3O2.Pd/c1-3-5-6-7(4-2)8(9)10;3-2(4,5)1(6)7;/h7H,3-6H2,1-2H3,(H,9,10);(H,6,7);/q;;+2/p-2. The van der Waals surface area contributed by atoms with Gasteiger partial charge in [0.15, 0.2) is 0 Å². The number of carbonyl (C=O) groups excluding carboxylic acids is 2. The van der Waals surface area contributed by atoms with Crippen molar-refractivity contribution in [3.63, 3.8) is 0 Å². The molecule has 110 valence electrons. The Hall–Kier alpha value is -0.608. The fraction of sp³-hybridized carbons (Fsp3) is 0.800. The van der Waals surface area contributed by atoms with Gasteiger partial charge in [0.2, 0.25) is 0 Å². The van der Waals surface area contributed by atoms with Crippen molar-refractivity contribution in [2.75, 3.05) is 0 Å². The van der Waals surface area contributed by atoms with Crippen molar-refractivity contribution in [1.82, 2.24) is 0 Å². The summed E-state index contributed by atoms with van der Waals surface area (Å²) in [5, 5.41) is 19.1. The van der Waals surface area contributed by atoms with Gasteiger partial charge >= 0.3 is 26.6 Å². The summed E-state index contributed by atoms with van der Waals surface area (Å²) in [6.45, 7) is 3.94. The number of alkyl halides is 3. The van der Waals surface area contributed by atoms with E-state index in [4.69, 9.17) is 9.90 Å². The molecule has 0 heterocycles. The fourth-order valence-electron chi connectivity index (χ4n) is 0.939. The Kier molecular flexibility index (Phi) is 14.4. The van der Waals surface area contributed by atoms with Gasteiger partial charge in [0.05, 0.1) is 0 Å². The Morgan fingerprint density at radius 1 is 1.17 bits per heavy atom. The predicted molar refractivity (Wildman–Crippen MR) is 49.4 cm³/mol. The van der Waals surface area contributed by atoms with Gasteiger partial charge in [0, 0.05) is 5.97 Å². The van der Waals surface area contributed by atoms with Crippen LogP contribution in [0.4, 0.5) is 13.2 Å². The molecule has 8 heteroatoms. The van der Waals surface area contributed by atoms with E-state index in [-0.39, 0.29) is 26.3 Å². The molecule has 0 radical (unpaired) electrons. The molecule has 0 aliphatic heterocycles. The Morgan fingerprint density at radius 3 is 1.72 bits per heavy atom. The van der Waals surface area contributed by atoms with Gasteiger partial charge in [0.25, 0.3) is 0 Å². The first-order valence-electron chi connectivity index (χ1n) is 5.15. The van der Waals surface area contributed by atoms with Gasteiger partial charge < -0.3 is 19.8 Å². The van der Waals surface area contributed by atoms with E-state index < -0.39 is 18.1 Å². The zero-order chi connectivity index (χ0) is 14.1. The molecule has 0 aliphatic rings. The van der Waals surface area contributed by atoms with E-state index >= 15 is 0 Å². The van der Waals surface area contributed by atoms with E-state index in [0.717, 1.165) is 19.3 Å². The fourth-order valence-corrected chi connectivity index (χ4v) is 0.939. The molecular formula is C10H15F3O4Pd.